The molecular formula is C20H20O14. The van der Waals surface area contributed by atoms with Gasteiger partial charge in [-0.3, -0.25) is 0 Å². The number of phenolic OH excluding ortho intramolecular Hbond substituents is 6. The molecule has 5 atom stereocenters. The van der Waals surface area contributed by atoms with Gasteiger partial charge < -0.3 is 60.2 Å². The second kappa shape index (κ2) is 9.48. The Bertz CT molecular complexity index is 1050. The fourth-order valence-electron chi connectivity index (χ4n) is 3.07. The average Bonchev–Trinajstić information content (AvgIpc) is 2.79. The highest BCUT2D eigenvalue weighted by Gasteiger charge is 2.47. The molecule has 1 fully saturated rings. The van der Waals surface area contributed by atoms with Gasteiger partial charge >= 0.3 is 11.9 Å². The number of aliphatic hydroxyl groups excluding tert-OH is 3. The van der Waals surface area contributed by atoms with E-state index in [2.05, 4.69) is 0 Å². The quantitative estimate of drug-likeness (QED) is 0.178. The Morgan fingerprint density at radius 2 is 1.18 bits per heavy atom. The molecule has 1 aliphatic heterocycles. The van der Waals surface area contributed by atoms with E-state index < -0.39 is 89.3 Å². The molecule has 0 bridgehead atoms. The van der Waals surface area contributed by atoms with Crippen molar-refractivity contribution >= 4 is 11.9 Å². The van der Waals surface area contributed by atoms with Crippen molar-refractivity contribution in [3.05, 3.63) is 35.4 Å². The van der Waals surface area contributed by atoms with Crippen LogP contribution in [0.4, 0.5) is 0 Å². The maximum atomic E-state index is 12.4. The van der Waals surface area contributed by atoms with Crippen LogP contribution in [0.3, 0.4) is 0 Å². The first-order chi connectivity index (χ1) is 15.9. The summed E-state index contributed by atoms with van der Waals surface area (Å²) in [6.07, 6.45) is -9.14. The summed E-state index contributed by atoms with van der Waals surface area (Å²) in [5.74, 6) is -7.48. The number of esters is 2. The Hall–Kier alpha value is -3.98. The van der Waals surface area contributed by atoms with E-state index in [1.165, 1.54) is 0 Å². The maximum absolute atomic E-state index is 12.4. The zero-order valence-corrected chi connectivity index (χ0v) is 17.0. The van der Waals surface area contributed by atoms with Crippen molar-refractivity contribution in [1.82, 2.24) is 0 Å². The Labute approximate surface area is 189 Å². The summed E-state index contributed by atoms with van der Waals surface area (Å²) in [5.41, 5.74) is -0.850. The lowest BCUT2D eigenvalue weighted by Crippen LogP contribution is -2.60. The molecule has 2 aromatic rings. The van der Waals surface area contributed by atoms with Crippen LogP contribution in [-0.4, -0.2) is 95.2 Å². The van der Waals surface area contributed by atoms with Gasteiger partial charge in [-0.05, 0) is 24.3 Å². The van der Waals surface area contributed by atoms with E-state index in [4.69, 9.17) is 14.2 Å². The zero-order chi connectivity index (χ0) is 25.3. The lowest BCUT2D eigenvalue weighted by molar-refractivity contribution is -0.285. The number of phenols is 6. The molecule has 0 radical (unpaired) electrons. The molecule has 1 aliphatic rings. The summed E-state index contributed by atoms with van der Waals surface area (Å²) in [4.78, 5) is 24.5. The van der Waals surface area contributed by atoms with E-state index in [9.17, 15) is 55.5 Å². The number of aromatic hydroxyl groups is 6. The van der Waals surface area contributed by atoms with Crippen LogP contribution in [-0.2, 0) is 14.2 Å². The van der Waals surface area contributed by atoms with Crippen LogP contribution in [0.2, 0.25) is 0 Å². The molecule has 184 valence electrons. The fraction of sp³-hybridized carbons (Fsp3) is 0.300. The number of carbonyl (C=O) groups excluding carboxylic acids is 2. The average molecular weight is 484 g/mol. The molecule has 0 aliphatic carbocycles. The number of hydrogen-bond acceptors (Lipinski definition) is 14. The summed E-state index contributed by atoms with van der Waals surface area (Å²) in [5, 5.41) is 87.1. The van der Waals surface area contributed by atoms with Crippen LogP contribution in [0.25, 0.3) is 0 Å². The van der Waals surface area contributed by atoms with Crippen LogP contribution < -0.4 is 0 Å². The van der Waals surface area contributed by atoms with Crippen molar-refractivity contribution in [3.63, 3.8) is 0 Å². The lowest BCUT2D eigenvalue weighted by Gasteiger charge is -2.39. The van der Waals surface area contributed by atoms with Gasteiger partial charge in [0.25, 0.3) is 0 Å². The largest absolute Gasteiger partial charge is 0.504 e. The first-order valence-electron chi connectivity index (χ1n) is 9.48. The van der Waals surface area contributed by atoms with Gasteiger partial charge in [0.05, 0.1) is 11.1 Å². The van der Waals surface area contributed by atoms with Crippen molar-refractivity contribution in [2.45, 2.75) is 30.7 Å². The third-order valence-corrected chi connectivity index (χ3v) is 4.89. The van der Waals surface area contributed by atoms with E-state index in [0.29, 0.717) is 0 Å². The zero-order valence-electron chi connectivity index (χ0n) is 17.0. The third kappa shape index (κ3) is 4.84. The van der Waals surface area contributed by atoms with Crippen LogP contribution in [0.15, 0.2) is 24.3 Å². The van der Waals surface area contributed by atoms with Crippen LogP contribution in [0, 0.1) is 0 Å². The first-order valence-corrected chi connectivity index (χ1v) is 9.48. The summed E-state index contributed by atoms with van der Waals surface area (Å²) in [6, 6.07) is 3.07. The molecule has 34 heavy (non-hydrogen) atoms. The molecular weight excluding hydrogens is 464 g/mol. The molecule has 0 spiro atoms. The highest BCUT2D eigenvalue weighted by Crippen LogP contribution is 2.37. The van der Waals surface area contributed by atoms with E-state index in [1.807, 2.05) is 0 Å². The monoisotopic (exact) mass is 484 g/mol. The summed E-state index contributed by atoms with van der Waals surface area (Å²) in [6.45, 7) is -0.749. The minimum absolute atomic E-state index is 0.381. The van der Waals surface area contributed by atoms with Crippen LogP contribution in [0.1, 0.15) is 20.7 Å². The van der Waals surface area contributed by atoms with Gasteiger partial charge in [-0.2, -0.15) is 0 Å². The van der Waals surface area contributed by atoms with Gasteiger partial charge in [0.1, 0.15) is 24.9 Å². The lowest BCUT2D eigenvalue weighted by atomic mass is 9.99. The molecule has 2 aromatic carbocycles. The van der Waals surface area contributed by atoms with Gasteiger partial charge in [-0.15, -0.1) is 0 Å². The summed E-state index contributed by atoms with van der Waals surface area (Å²) < 4.78 is 14.8. The molecule has 0 saturated carbocycles. The molecule has 3 rings (SSSR count). The van der Waals surface area contributed by atoms with E-state index in [0.717, 1.165) is 24.3 Å². The Morgan fingerprint density at radius 3 is 1.65 bits per heavy atom. The minimum atomic E-state index is -1.99. The molecule has 14 heteroatoms. The van der Waals surface area contributed by atoms with Gasteiger partial charge in [0.2, 0.25) is 0 Å². The SMILES string of the molecule is O=C(OC[C@H]1O[C@@H](O)[C@@H](O)[C@@H](OC(=O)c2cc(O)c(O)c(O)c2)[C@@H]1O)c1cc(O)c(O)c(O)c1. The van der Waals surface area contributed by atoms with Gasteiger partial charge in [0, 0.05) is 0 Å². The number of benzene rings is 2. The Balaban J connectivity index is 1.71. The smallest absolute Gasteiger partial charge is 0.338 e. The normalized spacial score (nSPS) is 24.4. The van der Waals surface area contributed by atoms with Crippen molar-refractivity contribution in [1.29, 1.82) is 0 Å². The second-order valence-electron chi connectivity index (χ2n) is 7.24. The minimum Gasteiger partial charge on any atom is -0.504 e. The number of rotatable bonds is 5. The molecule has 0 amide bonds. The number of carbonyl (C=O) groups is 2. The van der Waals surface area contributed by atoms with Crippen molar-refractivity contribution in [2.75, 3.05) is 6.61 Å². The van der Waals surface area contributed by atoms with E-state index >= 15 is 0 Å². The van der Waals surface area contributed by atoms with Crippen molar-refractivity contribution in [3.8, 4) is 34.5 Å². The topological polar surface area (TPSA) is 244 Å². The highest BCUT2D eigenvalue weighted by atomic mass is 16.7. The number of aliphatic hydroxyl groups is 3. The summed E-state index contributed by atoms with van der Waals surface area (Å²) >= 11 is 0. The molecule has 0 aromatic heterocycles. The maximum Gasteiger partial charge on any atom is 0.338 e. The first kappa shape index (κ1) is 24.7. The standard InChI is InChI=1S/C20H20O14/c21-8-1-6(2-9(22)13(8)25)18(29)32-5-12-15(27)17(16(28)20(31)33-12)34-19(30)7-3-10(23)14(26)11(24)4-7/h1-4,12,15-17,20-28,31H,5H2/t12-,15-,16+,17+,20-/m1/s1. The van der Waals surface area contributed by atoms with Crippen LogP contribution in [0.5, 0.6) is 34.5 Å². The van der Waals surface area contributed by atoms with E-state index in [-0.39, 0.29) is 5.56 Å². The van der Waals surface area contributed by atoms with Gasteiger partial charge in [0.15, 0.2) is 46.9 Å². The van der Waals surface area contributed by atoms with Crippen molar-refractivity contribution in [2.24, 2.45) is 0 Å². The molecule has 0 unspecified atom stereocenters. The molecule has 1 saturated heterocycles. The van der Waals surface area contributed by atoms with Crippen molar-refractivity contribution < 1.29 is 69.8 Å². The predicted molar refractivity (Wildman–Crippen MR) is 105 cm³/mol. The molecule has 1 heterocycles. The summed E-state index contributed by atoms with van der Waals surface area (Å²) in [7, 11) is 0. The number of hydrogen-bond donors (Lipinski definition) is 9. The fourth-order valence-corrected chi connectivity index (χ4v) is 3.07. The Morgan fingerprint density at radius 1 is 0.735 bits per heavy atom. The van der Waals surface area contributed by atoms with Crippen LogP contribution >= 0.6 is 0 Å². The van der Waals surface area contributed by atoms with E-state index in [1.54, 1.807) is 0 Å². The number of ether oxygens (including phenoxy) is 3. The van der Waals surface area contributed by atoms with Gasteiger partial charge in [-0.25, -0.2) is 9.59 Å². The second-order valence-corrected chi connectivity index (χ2v) is 7.24. The van der Waals surface area contributed by atoms with Gasteiger partial charge in [-0.1, -0.05) is 0 Å². The highest BCUT2D eigenvalue weighted by molar-refractivity contribution is 5.91. The Kier molecular flexibility index (Phi) is 6.88. The third-order valence-electron chi connectivity index (χ3n) is 4.89. The molecule has 14 nitrogen and oxygen atoms in total. The molecule has 9 N–H and O–H groups in total. The predicted octanol–water partition coefficient (Wildman–Crippen LogP) is -1.26.